The molecule has 4 heterocycles. The van der Waals surface area contributed by atoms with Crippen molar-refractivity contribution in [2.75, 3.05) is 18.4 Å². The molecule has 2 fully saturated rings. The summed E-state index contributed by atoms with van der Waals surface area (Å²) in [5.74, 6) is -2.38. The van der Waals surface area contributed by atoms with Gasteiger partial charge in [0.25, 0.3) is 11.8 Å². The van der Waals surface area contributed by atoms with Crippen molar-refractivity contribution in [1.82, 2.24) is 25.1 Å². The molecule has 0 aliphatic carbocycles. The first-order chi connectivity index (χ1) is 15.1. The molecule has 2 aromatic rings. The number of likely N-dealkylation sites (tertiary alicyclic amines) is 1. The van der Waals surface area contributed by atoms with Gasteiger partial charge in [0, 0.05) is 31.7 Å². The Kier molecular flexibility index (Phi) is 7.02. The van der Waals surface area contributed by atoms with Crippen LogP contribution in [0.1, 0.15) is 23.3 Å². The Hall–Kier alpha value is -3.55. The van der Waals surface area contributed by atoms with Gasteiger partial charge in [0.1, 0.15) is 11.8 Å². The molecule has 0 spiro atoms. The second-order valence-corrected chi connectivity index (χ2v) is 7.05. The number of piperidine rings is 1. The van der Waals surface area contributed by atoms with E-state index in [1.807, 2.05) is 0 Å². The van der Waals surface area contributed by atoms with Crippen LogP contribution in [0.25, 0.3) is 0 Å². The van der Waals surface area contributed by atoms with E-state index in [1.54, 1.807) is 23.4 Å². The number of halogens is 3. The quantitative estimate of drug-likeness (QED) is 0.621. The summed E-state index contributed by atoms with van der Waals surface area (Å²) in [5, 5.41) is 16.3. The van der Waals surface area contributed by atoms with Gasteiger partial charge < -0.3 is 20.1 Å². The predicted molar refractivity (Wildman–Crippen MR) is 100 cm³/mol. The maximum absolute atomic E-state index is 12.4. The highest BCUT2D eigenvalue weighted by Crippen LogP contribution is 2.34. The Morgan fingerprint density at radius 1 is 1.25 bits per heavy atom. The maximum atomic E-state index is 12.4. The van der Waals surface area contributed by atoms with Gasteiger partial charge in [-0.1, -0.05) is 0 Å². The number of nitrogens with zero attached hydrogens (tertiary/aromatic N) is 4. The highest BCUT2D eigenvalue weighted by molar-refractivity contribution is 5.93. The monoisotopic (exact) mass is 456 g/mol. The minimum absolute atomic E-state index is 0.0907. The number of aromatic nitrogens is 4. The lowest BCUT2D eigenvalue weighted by atomic mass is 9.91. The fourth-order valence-electron chi connectivity index (χ4n) is 3.40. The molecule has 2 aromatic heterocycles. The number of hydrogen-bond acceptors (Lipinski definition) is 7. The van der Waals surface area contributed by atoms with Crippen molar-refractivity contribution < 1.29 is 37.4 Å². The van der Waals surface area contributed by atoms with Gasteiger partial charge in [-0.15, -0.1) is 0 Å². The fraction of sp³-hybridized carbons (Fsp3) is 0.444. The summed E-state index contributed by atoms with van der Waals surface area (Å²) in [6, 6.07) is 1.65. The van der Waals surface area contributed by atoms with Crippen molar-refractivity contribution in [1.29, 1.82) is 0 Å². The van der Waals surface area contributed by atoms with E-state index >= 15 is 0 Å². The van der Waals surface area contributed by atoms with Crippen LogP contribution in [0.3, 0.4) is 0 Å². The number of nitrogens with one attached hydrogen (secondary N) is 2. The molecular formula is C18H19F3N6O5. The van der Waals surface area contributed by atoms with E-state index in [2.05, 4.69) is 25.5 Å². The number of fused-ring (bicyclic) bond motifs is 1. The summed E-state index contributed by atoms with van der Waals surface area (Å²) in [6.07, 6.45) is 1.84. The van der Waals surface area contributed by atoms with Crippen LogP contribution >= 0.6 is 0 Å². The third-order valence-corrected chi connectivity index (χ3v) is 4.92. The van der Waals surface area contributed by atoms with Crippen molar-refractivity contribution in [3.8, 4) is 0 Å². The molecule has 3 N–H and O–H groups in total. The molecule has 0 saturated carbocycles. The smallest absolute Gasteiger partial charge is 0.475 e. The number of carbonyl (C=O) groups excluding carboxylic acids is 2. The van der Waals surface area contributed by atoms with Crippen LogP contribution in [0.2, 0.25) is 0 Å². The largest absolute Gasteiger partial charge is 0.490 e. The van der Waals surface area contributed by atoms with Gasteiger partial charge in [-0.2, -0.15) is 18.3 Å². The van der Waals surface area contributed by atoms with Crippen LogP contribution in [0.15, 0.2) is 30.9 Å². The van der Waals surface area contributed by atoms with Gasteiger partial charge >= 0.3 is 12.1 Å². The third-order valence-electron chi connectivity index (χ3n) is 4.92. The van der Waals surface area contributed by atoms with Crippen molar-refractivity contribution in [2.45, 2.75) is 31.2 Å². The molecule has 2 aliphatic rings. The van der Waals surface area contributed by atoms with Crippen molar-refractivity contribution in [3.05, 3.63) is 36.5 Å². The molecule has 0 bridgehead atoms. The number of carbonyl (C=O) groups is 3. The zero-order valence-corrected chi connectivity index (χ0v) is 16.5. The summed E-state index contributed by atoms with van der Waals surface area (Å²) in [7, 11) is 0. The van der Waals surface area contributed by atoms with Crippen molar-refractivity contribution in [2.24, 2.45) is 5.92 Å². The molecule has 2 saturated heterocycles. The van der Waals surface area contributed by atoms with E-state index in [9.17, 15) is 22.8 Å². The highest BCUT2D eigenvalue weighted by Gasteiger charge is 2.43. The lowest BCUT2D eigenvalue weighted by Gasteiger charge is -2.33. The number of aromatic amines is 1. The minimum Gasteiger partial charge on any atom is -0.475 e. The standard InChI is InChI=1S/C16H18N6O3.C2HF3O2/c23-15(20-14-8-17-4-5-18-14)12-7-10-2-6-22(9-13(10)25-12)16(24)11-1-3-19-21-11;3-2(4,5)1(6)7/h1,3-5,8,10,12-13H,2,6-7,9H2,(H,19,21)(H,18,20,23);(H,6,7)/t10-,12-,13+;/m0./s1. The van der Waals surface area contributed by atoms with Gasteiger partial charge in [-0.05, 0) is 24.8 Å². The normalized spacial score (nSPS) is 22.3. The molecule has 2 amide bonds. The van der Waals surface area contributed by atoms with Crippen LogP contribution in [0.4, 0.5) is 19.0 Å². The third kappa shape index (κ3) is 5.78. The van der Waals surface area contributed by atoms with Gasteiger partial charge in [0.05, 0.1) is 12.3 Å². The number of ether oxygens (including phenoxy) is 1. The SMILES string of the molecule is O=C(Nc1cnccn1)[C@@H]1C[C@@H]2CCN(C(=O)c3ccn[nH]3)C[C@H]2O1.O=C(O)C(F)(F)F. The molecule has 3 atom stereocenters. The number of rotatable bonds is 3. The number of anilines is 1. The zero-order valence-electron chi connectivity index (χ0n) is 16.5. The number of amides is 2. The van der Waals surface area contributed by atoms with E-state index < -0.39 is 18.2 Å². The second kappa shape index (κ2) is 9.72. The van der Waals surface area contributed by atoms with Crippen LogP contribution < -0.4 is 5.32 Å². The van der Waals surface area contributed by atoms with E-state index in [-0.39, 0.29) is 23.8 Å². The molecule has 0 unspecified atom stereocenters. The number of alkyl halides is 3. The lowest BCUT2D eigenvalue weighted by molar-refractivity contribution is -0.192. The van der Waals surface area contributed by atoms with Gasteiger partial charge in [-0.3, -0.25) is 19.7 Å². The van der Waals surface area contributed by atoms with E-state index in [0.29, 0.717) is 31.0 Å². The fourth-order valence-corrected chi connectivity index (χ4v) is 3.40. The summed E-state index contributed by atoms with van der Waals surface area (Å²) in [5.41, 5.74) is 0.466. The molecule has 0 radical (unpaired) electrons. The summed E-state index contributed by atoms with van der Waals surface area (Å²) in [6.45, 7) is 1.14. The van der Waals surface area contributed by atoms with Gasteiger partial charge in [0.15, 0.2) is 5.82 Å². The molecule has 4 rings (SSSR count). The van der Waals surface area contributed by atoms with Crippen molar-refractivity contribution in [3.63, 3.8) is 0 Å². The first-order valence-electron chi connectivity index (χ1n) is 9.46. The maximum Gasteiger partial charge on any atom is 0.490 e. The number of hydrogen-bond donors (Lipinski definition) is 3. The first kappa shape index (κ1) is 23.1. The van der Waals surface area contributed by atoms with Gasteiger partial charge in [-0.25, -0.2) is 9.78 Å². The summed E-state index contributed by atoms with van der Waals surface area (Å²) in [4.78, 5) is 43.4. The van der Waals surface area contributed by atoms with E-state index in [1.165, 1.54) is 12.4 Å². The Balaban J connectivity index is 0.000000360. The van der Waals surface area contributed by atoms with Crippen LogP contribution in [0, 0.1) is 5.92 Å². The Bertz CT molecular complexity index is 940. The summed E-state index contributed by atoms with van der Waals surface area (Å²) < 4.78 is 37.7. The van der Waals surface area contributed by atoms with Crippen LogP contribution in [0.5, 0.6) is 0 Å². The number of carboxylic acids is 1. The molecular weight excluding hydrogens is 437 g/mol. The Labute approximate surface area is 179 Å². The first-order valence-corrected chi connectivity index (χ1v) is 9.46. The Morgan fingerprint density at radius 2 is 2.00 bits per heavy atom. The topological polar surface area (TPSA) is 150 Å². The molecule has 0 aromatic carbocycles. The molecule has 172 valence electrons. The minimum atomic E-state index is -5.08. The number of aliphatic carboxylic acids is 1. The highest BCUT2D eigenvalue weighted by atomic mass is 19.4. The molecule has 11 nitrogen and oxygen atoms in total. The second-order valence-electron chi connectivity index (χ2n) is 7.05. The summed E-state index contributed by atoms with van der Waals surface area (Å²) >= 11 is 0. The molecule has 2 aliphatic heterocycles. The van der Waals surface area contributed by atoms with E-state index in [4.69, 9.17) is 14.6 Å². The average molecular weight is 456 g/mol. The number of carboxylic acid groups (broad SMARTS) is 1. The van der Waals surface area contributed by atoms with Gasteiger partial charge in [0.2, 0.25) is 0 Å². The van der Waals surface area contributed by atoms with E-state index in [0.717, 1.165) is 6.42 Å². The predicted octanol–water partition coefficient (Wildman–Crippen LogP) is 1.09. The molecule has 32 heavy (non-hydrogen) atoms. The zero-order chi connectivity index (χ0) is 23.3. The lowest BCUT2D eigenvalue weighted by Crippen LogP contribution is -2.45. The number of H-pyrrole nitrogens is 1. The average Bonchev–Trinajstić information content (AvgIpc) is 3.43. The Morgan fingerprint density at radius 3 is 2.59 bits per heavy atom. The molecule has 14 heteroatoms. The van der Waals surface area contributed by atoms with Crippen LogP contribution in [-0.2, 0) is 14.3 Å². The van der Waals surface area contributed by atoms with Crippen LogP contribution in [-0.4, -0.2) is 79.4 Å². The van der Waals surface area contributed by atoms with Crippen molar-refractivity contribution >= 4 is 23.6 Å².